The van der Waals surface area contributed by atoms with Gasteiger partial charge < -0.3 is 0 Å². The van der Waals surface area contributed by atoms with Gasteiger partial charge in [-0.1, -0.05) is 130 Å². The number of fused-ring (bicyclic) bond motifs is 10. The molecule has 0 aliphatic heterocycles. The van der Waals surface area contributed by atoms with Gasteiger partial charge in [0, 0.05) is 10.0 Å². The largest absolute Gasteiger partial charge is 0.0726 e. The Morgan fingerprint density at radius 2 is 1.06 bits per heavy atom. The maximum atomic E-state index is 3.92. The Morgan fingerprint density at radius 3 is 1.62 bits per heavy atom. The van der Waals surface area contributed by atoms with Crippen molar-refractivity contribution in [1.29, 1.82) is 0 Å². The van der Waals surface area contributed by atoms with Gasteiger partial charge in [-0.05, 0) is 67.0 Å². The van der Waals surface area contributed by atoms with Crippen molar-refractivity contribution < 1.29 is 0 Å². The lowest BCUT2D eigenvalue weighted by Gasteiger charge is -2.32. The van der Waals surface area contributed by atoms with E-state index < -0.39 is 0 Å². The second kappa shape index (κ2) is 6.95. The lowest BCUT2D eigenvalue weighted by Crippen LogP contribution is -2.27. The van der Waals surface area contributed by atoms with E-state index in [9.17, 15) is 0 Å². The monoisotopic (exact) mass is 506 g/mol. The van der Waals surface area contributed by atoms with E-state index in [1.807, 2.05) is 0 Å². The molecule has 34 heavy (non-hydrogen) atoms. The molecule has 0 saturated heterocycles. The number of halogens is 1. The average molecular weight is 508 g/mol. The molecule has 170 valence electrons. The molecule has 0 heterocycles. The van der Waals surface area contributed by atoms with Crippen molar-refractivity contribution in [2.45, 2.75) is 57.8 Å². The summed E-state index contributed by atoms with van der Waals surface area (Å²) in [6.07, 6.45) is 0. The van der Waals surface area contributed by atoms with Gasteiger partial charge in [-0.2, -0.15) is 0 Å². The third-order valence-electron chi connectivity index (χ3n) is 7.89. The fourth-order valence-electron chi connectivity index (χ4n) is 6.12. The first-order valence-electron chi connectivity index (χ1n) is 12.2. The normalized spacial score (nSPS) is 15.1. The van der Waals surface area contributed by atoms with Crippen LogP contribution in [0.1, 0.15) is 74.9 Å². The van der Waals surface area contributed by atoms with E-state index >= 15 is 0 Å². The van der Waals surface area contributed by atoms with Gasteiger partial charge >= 0.3 is 0 Å². The van der Waals surface area contributed by atoms with E-state index in [4.69, 9.17) is 0 Å². The minimum Gasteiger partial charge on any atom is -0.0619 e. The van der Waals surface area contributed by atoms with Crippen molar-refractivity contribution in [3.63, 3.8) is 0 Å². The van der Waals surface area contributed by atoms with Crippen LogP contribution in [0.5, 0.6) is 0 Å². The number of hydrogen-bond acceptors (Lipinski definition) is 0. The van der Waals surface area contributed by atoms with Crippen molar-refractivity contribution in [2.75, 3.05) is 0 Å². The zero-order valence-electron chi connectivity index (χ0n) is 20.9. The maximum absolute atomic E-state index is 3.92. The first-order valence-corrected chi connectivity index (χ1v) is 13.0. The summed E-state index contributed by atoms with van der Waals surface area (Å²) in [6.45, 7) is 13.9. The standard InChI is InChI=1S/C33H31Br/c1-31(2,3)20-14-16-22-23-17-15-21(32(4,5)6)19-28(23)33(27(22)18-20)25-11-8-7-10-24(25)30-26(33)12-9-13-29(30)34/h7-19H,1-6H3. The van der Waals surface area contributed by atoms with E-state index in [1.54, 1.807) is 0 Å². The number of hydrogen-bond donors (Lipinski definition) is 0. The topological polar surface area (TPSA) is 0 Å². The molecule has 0 amide bonds. The molecule has 1 heteroatoms. The quantitative estimate of drug-likeness (QED) is 0.192. The van der Waals surface area contributed by atoms with E-state index in [-0.39, 0.29) is 16.2 Å². The molecule has 1 spiro atoms. The smallest absolute Gasteiger partial charge is 0.0619 e. The van der Waals surface area contributed by atoms with Crippen LogP contribution in [0.15, 0.2) is 83.3 Å². The Balaban J connectivity index is 1.82. The minimum absolute atomic E-state index is 0.0831. The summed E-state index contributed by atoms with van der Waals surface area (Å²) < 4.78 is 1.17. The molecule has 0 atom stereocenters. The number of rotatable bonds is 0. The van der Waals surface area contributed by atoms with Crippen LogP contribution in [-0.2, 0) is 16.2 Å². The van der Waals surface area contributed by atoms with E-state index in [0.29, 0.717) is 0 Å². The highest BCUT2D eigenvalue weighted by Crippen LogP contribution is 2.64. The summed E-state index contributed by atoms with van der Waals surface area (Å²) in [7, 11) is 0. The van der Waals surface area contributed by atoms with Crippen LogP contribution in [-0.4, -0.2) is 0 Å². The third kappa shape index (κ3) is 2.77. The summed E-state index contributed by atoms with van der Waals surface area (Å²) in [5.74, 6) is 0. The lowest BCUT2D eigenvalue weighted by molar-refractivity contribution is 0.586. The van der Waals surface area contributed by atoms with Gasteiger partial charge in [0.2, 0.25) is 0 Å². The van der Waals surface area contributed by atoms with E-state index in [1.165, 1.54) is 60.1 Å². The number of benzene rings is 4. The Bertz CT molecular complexity index is 1410. The summed E-state index contributed by atoms with van der Waals surface area (Å²) in [4.78, 5) is 0. The van der Waals surface area contributed by atoms with Gasteiger partial charge in [-0.25, -0.2) is 0 Å². The van der Waals surface area contributed by atoms with Gasteiger partial charge in [-0.3, -0.25) is 0 Å². The first kappa shape index (κ1) is 21.9. The maximum Gasteiger partial charge on any atom is 0.0726 e. The van der Waals surface area contributed by atoms with Crippen LogP contribution in [0.25, 0.3) is 22.3 Å². The SMILES string of the molecule is CC(C)(C)c1ccc2c(c1)C1(c3cc(C(C)(C)C)ccc3-2)c2ccccc2-c2c(Br)cccc21. The molecule has 0 N–H and O–H groups in total. The molecule has 0 fully saturated rings. The highest BCUT2D eigenvalue weighted by Gasteiger charge is 2.52. The van der Waals surface area contributed by atoms with Crippen LogP contribution >= 0.6 is 15.9 Å². The predicted molar refractivity (Wildman–Crippen MR) is 148 cm³/mol. The summed E-state index contributed by atoms with van der Waals surface area (Å²) in [5, 5.41) is 0. The van der Waals surface area contributed by atoms with Crippen molar-refractivity contribution in [3.05, 3.63) is 117 Å². The second-order valence-corrected chi connectivity index (χ2v) is 12.8. The van der Waals surface area contributed by atoms with Gasteiger partial charge in [0.05, 0.1) is 5.41 Å². The zero-order chi connectivity index (χ0) is 24.0. The minimum atomic E-state index is -0.303. The Hall–Kier alpha value is -2.64. The van der Waals surface area contributed by atoms with Crippen molar-refractivity contribution in [1.82, 2.24) is 0 Å². The van der Waals surface area contributed by atoms with Crippen LogP contribution < -0.4 is 0 Å². The summed E-state index contributed by atoms with van der Waals surface area (Å²) in [6, 6.07) is 30.2. The molecule has 0 bridgehead atoms. The van der Waals surface area contributed by atoms with Gasteiger partial charge in [0.15, 0.2) is 0 Å². The fourth-order valence-corrected chi connectivity index (χ4v) is 6.70. The molecule has 2 aliphatic carbocycles. The molecular formula is C33H31Br. The molecule has 0 unspecified atom stereocenters. The molecule has 6 rings (SSSR count). The third-order valence-corrected chi connectivity index (χ3v) is 8.55. The van der Waals surface area contributed by atoms with Crippen molar-refractivity contribution in [2.24, 2.45) is 0 Å². The van der Waals surface area contributed by atoms with Gasteiger partial charge in [0.1, 0.15) is 0 Å². The molecule has 2 aliphatic rings. The predicted octanol–water partition coefficient (Wildman–Crippen LogP) is 9.39. The van der Waals surface area contributed by atoms with Crippen molar-refractivity contribution >= 4 is 15.9 Å². The Morgan fingerprint density at radius 1 is 0.529 bits per heavy atom. The summed E-state index contributed by atoms with van der Waals surface area (Å²) in [5.41, 5.74) is 13.7. The van der Waals surface area contributed by atoms with E-state index in [0.717, 1.165) is 0 Å². The van der Waals surface area contributed by atoms with Crippen molar-refractivity contribution in [3.8, 4) is 22.3 Å². The zero-order valence-corrected chi connectivity index (χ0v) is 22.5. The molecule has 4 aromatic carbocycles. The second-order valence-electron chi connectivity index (χ2n) is 12.0. The highest BCUT2D eigenvalue weighted by molar-refractivity contribution is 9.10. The average Bonchev–Trinajstić information content (AvgIpc) is 3.25. The van der Waals surface area contributed by atoms with Gasteiger partial charge in [0.25, 0.3) is 0 Å². The van der Waals surface area contributed by atoms with Crippen LogP contribution in [0.2, 0.25) is 0 Å². The first-order chi connectivity index (χ1) is 16.0. The molecule has 0 nitrogen and oxygen atoms in total. The highest BCUT2D eigenvalue weighted by atomic mass is 79.9. The van der Waals surface area contributed by atoms with Crippen LogP contribution in [0.4, 0.5) is 0 Å². The van der Waals surface area contributed by atoms with Crippen LogP contribution in [0, 0.1) is 0 Å². The van der Waals surface area contributed by atoms with Crippen LogP contribution in [0.3, 0.4) is 0 Å². The molecule has 4 aromatic rings. The van der Waals surface area contributed by atoms with Gasteiger partial charge in [-0.15, -0.1) is 0 Å². The Kier molecular flexibility index (Phi) is 4.47. The molecule has 0 radical (unpaired) electrons. The molecule has 0 saturated carbocycles. The van der Waals surface area contributed by atoms with E-state index in [2.05, 4.69) is 136 Å². The fraction of sp³-hybridized carbons (Fsp3) is 0.273. The Labute approximate surface area is 212 Å². The summed E-state index contributed by atoms with van der Waals surface area (Å²) >= 11 is 3.92. The molecular weight excluding hydrogens is 476 g/mol. The molecule has 0 aromatic heterocycles. The lowest BCUT2D eigenvalue weighted by atomic mass is 9.69.